The molecule has 2 aliphatic rings. The van der Waals surface area contributed by atoms with E-state index in [-0.39, 0.29) is 34.5 Å². The van der Waals surface area contributed by atoms with Gasteiger partial charge in [-0.15, -0.1) is 23.1 Å². The van der Waals surface area contributed by atoms with Gasteiger partial charge < -0.3 is 26.1 Å². The van der Waals surface area contributed by atoms with Crippen molar-refractivity contribution >= 4 is 63.5 Å². The quantitative estimate of drug-likeness (QED) is 0.0728. The maximum absolute atomic E-state index is 12.6. The number of nitrogens with zero attached hydrogens (tertiary/aromatic N) is 3. The Balaban J connectivity index is 1.74. The number of esters is 1. The van der Waals surface area contributed by atoms with Gasteiger partial charge in [0.2, 0.25) is 11.5 Å². The summed E-state index contributed by atoms with van der Waals surface area (Å²) >= 11 is 2.09. The van der Waals surface area contributed by atoms with E-state index in [1.807, 2.05) is 0 Å². The summed E-state index contributed by atoms with van der Waals surface area (Å²) in [4.78, 5) is 64.7. The number of nitrogen functional groups attached to an aromatic ring is 1. The molecule has 13 nitrogen and oxygen atoms in total. The maximum atomic E-state index is 12.6. The Bertz CT molecular complexity index is 1050. The minimum absolute atomic E-state index is 0.0713. The van der Waals surface area contributed by atoms with Gasteiger partial charge in [-0.25, -0.2) is 9.78 Å². The Kier molecular flexibility index (Phi) is 6.26. The molecule has 0 bridgehead atoms. The number of oxime groups is 1. The van der Waals surface area contributed by atoms with Crippen LogP contribution in [0.5, 0.6) is 0 Å². The lowest BCUT2D eigenvalue weighted by Crippen LogP contribution is -2.71. The van der Waals surface area contributed by atoms with Gasteiger partial charge in [0.25, 0.3) is 11.8 Å². The molecule has 164 valence electrons. The van der Waals surface area contributed by atoms with E-state index in [1.165, 1.54) is 12.3 Å². The number of anilines is 1. The topological polar surface area (TPSA) is 202 Å². The van der Waals surface area contributed by atoms with E-state index < -0.39 is 46.7 Å². The number of β-lactam (4-membered cyclic amide) rings is 1. The van der Waals surface area contributed by atoms with Crippen LogP contribution in [0.2, 0.25) is 0 Å². The Hall–Kier alpha value is -3.46. The van der Waals surface area contributed by atoms with E-state index in [1.54, 1.807) is 0 Å². The Morgan fingerprint density at radius 3 is 2.68 bits per heavy atom. The van der Waals surface area contributed by atoms with Gasteiger partial charge in [0.15, 0.2) is 5.13 Å². The molecule has 1 aromatic rings. The molecule has 5 N–H and O–H groups in total. The van der Waals surface area contributed by atoms with Crippen LogP contribution < -0.4 is 11.1 Å². The highest BCUT2D eigenvalue weighted by Crippen LogP contribution is 2.40. The van der Waals surface area contributed by atoms with Crippen molar-refractivity contribution in [2.75, 3.05) is 18.1 Å². The SMILES string of the molecule is CC(=O)OCC1=C(C(=O)O)N2C(=O)[C@@H](NC(=O)C(=NO)C(=O)c3csc(N)n3)[C@@H]2SC1. The number of carboxylic acids is 1. The number of fused-ring (bicyclic) bond motifs is 1. The first-order valence-electron chi connectivity index (χ1n) is 8.47. The highest BCUT2D eigenvalue weighted by atomic mass is 32.2. The summed E-state index contributed by atoms with van der Waals surface area (Å²) in [5, 5.41) is 24.2. The largest absolute Gasteiger partial charge is 0.477 e. The molecule has 2 aliphatic heterocycles. The molecule has 0 aliphatic carbocycles. The number of carbonyl (C=O) groups excluding carboxylic acids is 4. The average Bonchev–Trinajstić information content (AvgIpc) is 3.16. The summed E-state index contributed by atoms with van der Waals surface area (Å²) < 4.78 is 4.84. The van der Waals surface area contributed by atoms with Crippen LogP contribution in [0.15, 0.2) is 21.8 Å². The van der Waals surface area contributed by atoms with Crippen molar-refractivity contribution < 1.29 is 39.0 Å². The minimum atomic E-state index is -1.39. The summed E-state index contributed by atoms with van der Waals surface area (Å²) in [6, 6.07) is -1.16. The molecular formula is C16H15N5O8S2. The predicted octanol–water partition coefficient (Wildman–Crippen LogP) is -0.960. The second-order valence-electron chi connectivity index (χ2n) is 6.25. The lowest BCUT2D eigenvalue weighted by Gasteiger charge is -2.49. The molecule has 2 atom stereocenters. The summed E-state index contributed by atoms with van der Waals surface area (Å²) in [7, 11) is 0. The van der Waals surface area contributed by atoms with Crippen LogP contribution in [0.3, 0.4) is 0 Å². The third-order valence-electron chi connectivity index (χ3n) is 4.27. The number of Topliss-reactive ketones (excluding diaryl/α,β-unsaturated/α-hetero) is 1. The summed E-state index contributed by atoms with van der Waals surface area (Å²) in [5.41, 5.74) is 4.24. The van der Waals surface area contributed by atoms with Gasteiger partial charge in [-0.1, -0.05) is 5.16 Å². The zero-order chi connectivity index (χ0) is 22.9. The Labute approximate surface area is 181 Å². The summed E-state index contributed by atoms with van der Waals surface area (Å²) in [6.45, 7) is 0.881. The van der Waals surface area contributed by atoms with Crippen molar-refractivity contribution in [2.24, 2.45) is 5.16 Å². The number of ketones is 1. The fourth-order valence-corrected chi connectivity index (χ4v) is 4.77. The zero-order valence-corrected chi connectivity index (χ0v) is 17.4. The first kappa shape index (κ1) is 22.2. The molecule has 3 rings (SSSR count). The third-order valence-corrected chi connectivity index (χ3v) is 6.28. The molecule has 3 heterocycles. The Morgan fingerprint density at radius 1 is 1.42 bits per heavy atom. The van der Waals surface area contributed by atoms with E-state index in [4.69, 9.17) is 15.7 Å². The molecule has 0 saturated carbocycles. The van der Waals surface area contributed by atoms with Gasteiger partial charge in [-0.05, 0) is 0 Å². The van der Waals surface area contributed by atoms with Crippen molar-refractivity contribution in [3.8, 4) is 0 Å². The molecule has 0 spiro atoms. The van der Waals surface area contributed by atoms with Gasteiger partial charge in [-0.3, -0.25) is 24.1 Å². The lowest BCUT2D eigenvalue weighted by atomic mass is 10.0. The van der Waals surface area contributed by atoms with Crippen molar-refractivity contribution in [1.29, 1.82) is 0 Å². The average molecular weight is 469 g/mol. The fourth-order valence-electron chi connectivity index (χ4n) is 2.90. The summed E-state index contributed by atoms with van der Waals surface area (Å²) in [6.07, 6.45) is 0. The second kappa shape index (κ2) is 8.73. The molecule has 0 unspecified atom stereocenters. The second-order valence-corrected chi connectivity index (χ2v) is 8.24. The smallest absolute Gasteiger partial charge is 0.352 e. The van der Waals surface area contributed by atoms with Gasteiger partial charge >= 0.3 is 11.9 Å². The number of amides is 2. The molecule has 15 heteroatoms. The van der Waals surface area contributed by atoms with Gasteiger partial charge in [0.05, 0.1) is 0 Å². The highest BCUT2D eigenvalue weighted by molar-refractivity contribution is 8.00. The molecular weight excluding hydrogens is 454 g/mol. The van der Waals surface area contributed by atoms with Crippen molar-refractivity contribution in [1.82, 2.24) is 15.2 Å². The lowest BCUT2D eigenvalue weighted by molar-refractivity contribution is -0.150. The van der Waals surface area contributed by atoms with Gasteiger partial charge in [0, 0.05) is 23.6 Å². The van der Waals surface area contributed by atoms with E-state index >= 15 is 0 Å². The van der Waals surface area contributed by atoms with Crippen LogP contribution in [0.25, 0.3) is 0 Å². The van der Waals surface area contributed by atoms with E-state index in [2.05, 4.69) is 15.5 Å². The van der Waals surface area contributed by atoms with Crippen molar-refractivity contribution in [3.05, 3.63) is 22.3 Å². The number of thioether (sulfide) groups is 1. The van der Waals surface area contributed by atoms with Crippen LogP contribution in [-0.4, -0.2) is 79.2 Å². The van der Waals surface area contributed by atoms with Crippen LogP contribution >= 0.6 is 23.1 Å². The molecule has 1 fully saturated rings. The number of hydrogen-bond acceptors (Lipinski definition) is 12. The van der Waals surface area contributed by atoms with Gasteiger partial charge in [-0.2, -0.15) is 0 Å². The maximum Gasteiger partial charge on any atom is 0.352 e. The van der Waals surface area contributed by atoms with Crippen molar-refractivity contribution in [3.63, 3.8) is 0 Å². The standard InChI is InChI=1S/C16H15N5O8S2/c1-5(22)29-2-6-3-30-14-9(13(25)21(14)10(6)15(26)27)19-12(24)8(20-28)11(23)7-4-31-16(17)18-7/h4,9,14,28H,2-3H2,1H3,(H2,17,18)(H,19,24)(H,26,27)/t9-,14+/m1/s1. The van der Waals surface area contributed by atoms with Crippen LogP contribution in [-0.2, 0) is 23.9 Å². The molecule has 31 heavy (non-hydrogen) atoms. The van der Waals surface area contributed by atoms with Crippen LogP contribution in [0.4, 0.5) is 5.13 Å². The number of aliphatic carboxylic acids is 1. The molecule has 2 amide bonds. The Morgan fingerprint density at radius 2 is 2.13 bits per heavy atom. The van der Waals surface area contributed by atoms with Crippen LogP contribution in [0.1, 0.15) is 17.4 Å². The predicted molar refractivity (Wildman–Crippen MR) is 106 cm³/mol. The number of nitrogens with one attached hydrogen (secondary N) is 1. The van der Waals surface area contributed by atoms with Crippen molar-refractivity contribution in [2.45, 2.75) is 18.3 Å². The first-order chi connectivity index (χ1) is 14.6. The van der Waals surface area contributed by atoms with Gasteiger partial charge in [0.1, 0.15) is 29.4 Å². The third kappa shape index (κ3) is 4.22. The number of nitrogens with two attached hydrogens (primary N) is 1. The molecule has 0 radical (unpaired) electrons. The molecule has 0 aromatic carbocycles. The monoisotopic (exact) mass is 469 g/mol. The van der Waals surface area contributed by atoms with E-state index in [0.29, 0.717) is 0 Å². The number of hydrogen-bond donors (Lipinski definition) is 4. The number of carboxylic acid groups (broad SMARTS) is 1. The van der Waals surface area contributed by atoms with E-state index in [0.717, 1.165) is 28.0 Å². The first-order valence-corrected chi connectivity index (χ1v) is 10.4. The van der Waals surface area contributed by atoms with Crippen LogP contribution in [0, 0.1) is 0 Å². The summed E-state index contributed by atoms with van der Waals surface area (Å²) in [5.74, 6) is -4.74. The number of rotatable bonds is 7. The highest BCUT2D eigenvalue weighted by Gasteiger charge is 2.54. The molecule has 1 aromatic heterocycles. The normalized spacial score (nSPS) is 20.6. The molecule has 1 saturated heterocycles. The minimum Gasteiger partial charge on any atom is -0.477 e. The van der Waals surface area contributed by atoms with E-state index in [9.17, 15) is 29.1 Å². The zero-order valence-electron chi connectivity index (χ0n) is 15.7. The number of thiazole rings is 1. The number of ether oxygens (including phenoxy) is 1. The fraction of sp³-hybridized carbons (Fsp3) is 0.312. The number of aromatic nitrogens is 1. The number of carbonyl (C=O) groups is 5.